The predicted octanol–water partition coefficient (Wildman–Crippen LogP) is 4.95. The van der Waals surface area contributed by atoms with E-state index in [-0.39, 0.29) is 18.1 Å². The summed E-state index contributed by atoms with van der Waals surface area (Å²) in [6.07, 6.45) is 1.33. The molecule has 2 aromatic heterocycles. The minimum Gasteiger partial charge on any atom is -0.486 e. The van der Waals surface area contributed by atoms with Crippen LogP contribution in [0.1, 0.15) is 16.1 Å². The van der Waals surface area contributed by atoms with Gasteiger partial charge in [0.25, 0.3) is 0 Å². The number of pyridine rings is 1. The lowest BCUT2D eigenvalue weighted by Crippen LogP contribution is -2.11. The molecule has 0 unspecified atom stereocenters. The molecule has 0 amide bonds. The van der Waals surface area contributed by atoms with Crippen molar-refractivity contribution in [2.75, 3.05) is 0 Å². The molecule has 0 radical (unpaired) electrons. The molecule has 152 valence electrons. The van der Waals surface area contributed by atoms with Gasteiger partial charge >= 0.3 is 5.97 Å². The largest absolute Gasteiger partial charge is 0.486 e. The van der Waals surface area contributed by atoms with Gasteiger partial charge in [-0.15, -0.1) is 0 Å². The van der Waals surface area contributed by atoms with Crippen LogP contribution in [-0.2, 0) is 6.61 Å². The van der Waals surface area contributed by atoms with Gasteiger partial charge in [0.1, 0.15) is 24.4 Å². The fourth-order valence-corrected chi connectivity index (χ4v) is 3.47. The van der Waals surface area contributed by atoms with E-state index in [4.69, 9.17) is 9.47 Å². The number of rotatable bonds is 6. The Balaban J connectivity index is 1.65. The summed E-state index contributed by atoms with van der Waals surface area (Å²) < 4.78 is 13.3. The third-order valence-corrected chi connectivity index (χ3v) is 4.86. The predicted molar refractivity (Wildman–Crippen MR) is 115 cm³/mol. The Morgan fingerprint density at radius 1 is 0.903 bits per heavy atom. The van der Waals surface area contributed by atoms with Crippen molar-refractivity contribution in [3.8, 4) is 17.2 Å². The number of carbonyl (C=O) groups is 1. The minimum absolute atomic E-state index is 0.0762. The lowest BCUT2D eigenvalue weighted by atomic mass is 10.1. The number of ether oxygens (including phenoxy) is 2. The van der Waals surface area contributed by atoms with Crippen LogP contribution in [0.5, 0.6) is 17.2 Å². The number of hydrogen-bond acceptors (Lipinski definition) is 5. The van der Waals surface area contributed by atoms with Crippen molar-refractivity contribution in [2.24, 2.45) is 0 Å². The number of aromatic nitrogens is 3. The average Bonchev–Trinajstić information content (AvgIpc) is 3.28. The third-order valence-electron chi connectivity index (χ3n) is 4.86. The number of fused-ring (bicyclic) bond motifs is 3. The fourth-order valence-electron chi connectivity index (χ4n) is 3.47. The lowest BCUT2D eigenvalue weighted by Gasteiger charge is -2.15. The second-order valence-corrected chi connectivity index (χ2v) is 6.88. The van der Waals surface area contributed by atoms with Crippen molar-refractivity contribution in [2.45, 2.75) is 6.61 Å². The SMILES string of the molecule is O=C(O)c1c(OCc2ccccc2)c2ccc(Oc3ccccc3)cc2c2ncnn12. The molecule has 7 nitrogen and oxygen atoms in total. The Kier molecular flexibility index (Phi) is 4.68. The maximum absolute atomic E-state index is 12.1. The van der Waals surface area contributed by atoms with E-state index in [0.29, 0.717) is 27.9 Å². The molecule has 0 fully saturated rings. The van der Waals surface area contributed by atoms with Crippen molar-refractivity contribution in [3.05, 3.63) is 96.4 Å². The highest BCUT2D eigenvalue weighted by molar-refractivity contribution is 6.05. The van der Waals surface area contributed by atoms with Gasteiger partial charge in [-0.3, -0.25) is 0 Å². The molecule has 1 N–H and O–H groups in total. The lowest BCUT2D eigenvalue weighted by molar-refractivity contribution is 0.0682. The van der Waals surface area contributed by atoms with E-state index in [1.54, 1.807) is 12.1 Å². The Morgan fingerprint density at radius 3 is 2.39 bits per heavy atom. The molecule has 0 atom stereocenters. The molecule has 0 saturated heterocycles. The highest BCUT2D eigenvalue weighted by atomic mass is 16.5. The molecule has 3 aromatic carbocycles. The minimum atomic E-state index is -1.15. The zero-order chi connectivity index (χ0) is 21.2. The smallest absolute Gasteiger partial charge is 0.358 e. The molecule has 0 aliphatic heterocycles. The van der Waals surface area contributed by atoms with Crippen molar-refractivity contribution in [3.63, 3.8) is 0 Å². The van der Waals surface area contributed by atoms with E-state index in [1.165, 1.54) is 10.8 Å². The maximum Gasteiger partial charge on any atom is 0.358 e. The molecular formula is C24H17N3O4. The van der Waals surface area contributed by atoms with E-state index in [0.717, 1.165) is 5.56 Å². The molecule has 0 saturated carbocycles. The summed E-state index contributed by atoms with van der Waals surface area (Å²) in [6.45, 7) is 0.221. The van der Waals surface area contributed by atoms with Gasteiger partial charge in [0.15, 0.2) is 17.1 Å². The van der Waals surface area contributed by atoms with Crippen LogP contribution < -0.4 is 9.47 Å². The summed E-state index contributed by atoms with van der Waals surface area (Å²) in [4.78, 5) is 16.4. The number of aromatic carboxylic acids is 1. The Hall–Kier alpha value is -4.39. The van der Waals surface area contributed by atoms with Crippen molar-refractivity contribution in [1.29, 1.82) is 0 Å². The van der Waals surface area contributed by atoms with Gasteiger partial charge < -0.3 is 14.6 Å². The number of benzene rings is 3. The van der Waals surface area contributed by atoms with Crippen LogP contribution >= 0.6 is 0 Å². The van der Waals surface area contributed by atoms with Crippen molar-refractivity contribution >= 4 is 22.4 Å². The van der Waals surface area contributed by atoms with Crippen LogP contribution in [0.2, 0.25) is 0 Å². The van der Waals surface area contributed by atoms with E-state index in [2.05, 4.69) is 10.1 Å². The molecule has 0 spiro atoms. The summed E-state index contributed by atoms with van der Waals surface area (Å²) in [5.41, 5.74) is 1.26. The van der Waals surface area contributed by atoms with Crippen LogP contribution in [0.25, 0.3) is 16.4 Å². The summed E-state index contributed by atoms with van der Waals surface area (Å²) in [5, 5.41) is 15.3. The zero-order valence-corrected chi connectivity index (χ0v) is 16.3. The first kappa shape index (κ1) is 18.6. The number of carboxylic acids is 1. The highest BCUT2D eigenvalue weighted by Crippen LogP contribution is 2.36. The van der Waals surface area contributed by atoms with Crippen LogP contribution in [0, 0.1) is 0 Å². The molecule has 2 heterocycles. The fraction of sp³-hybridized carbons (Fsp3) is 0.0417. The molecular weight excluding hydrogens is 394 g/mol. The molecule has 0 aliphatic carbocycles. The normalized spacial score (nSPS) is 11.0. The van der Waals surface area contributed by atoms with Crippen LogP contribution in [0.15, 0.2) is 85.2 Å². The first-order valence-corrected chi connectivity index (χ1v) is 9.63. The standard InChI is InChI=1S/C24H17N3O4/c28-24(29)21-22(30-14-16-7-3-1-4-8-16)19-12-11-18(31-17-9-5-2-6-10-17)13-20(19)23-25-15-26-27(21)23/h1-13,15H,14H2,(H,28,29). The number of nitrogens with zero attached hydrogens (tertiary/aromatic N) is 3. The zero-order valence-electron chi connectivity index (χ0n) is 16.3. The van der Waals surface area contributed by atoms with E-state index >= 15 is 0 Å². The summed E-state index contributed by atoms with van der Waals surface area (Å²) >= 11 is 0. The molecule has 0 bridgehead atoms. The molecule has 0 aliphatic rings. The van der Waals surface area contributed by atoms with Gasteiger partial charge in [-0.1, -0.05) is 48.5 Å². The molecule has 5 aromatic rings. The Labute approximate surface area is 177 Å². The Morgan fingerprint density at radius 2 is 1.65 bits per heavy atom. The van der Waals surface area contributed by atoms with E-state index in [9.17, 15) is 9.90 Å². The second-order valence-electron chi connectivity index (χ2n) is 6.88. The second kappa shape index (κ2) is 7.79. The average molecular weight is 411 g/mol. The van der Waals surface area contributed by atoms with E-state index in [1.807, 2.05) is 66.7 Å². The van der Waals surface area contributed by atoms with Crippen molar-refractivity contribution < 1.29 is 19.4 Å². The van der Waals surface area contributed by atoms with Gasteiger partial charge in [-0.25, -0.2) is 14.3 Å². The first-order valence-electron chi connectivity index (χ1n) is 9.63. The van der Waals surface area contributed by atoms with Gasteiger partial charge in [0.2, 0.25) is 0 Å². The van der Waals surface area contributed by atoms with E-state index < -0.39 is 5.97 Å². The molecule has 7 heteroatoms. The van der Waals surface area contributed by atoms with Crippen LogP contribution in [0.4, 0.5) is 0 Å². The summed E-state index contributed by atoms with van der Waals surface area (Å²) in [7, 11) is 0. The topological polar surface area (TPSA) is 86.0 Å². The van der Waals surface area contributed by atoms with Gasteiger partial charge in [0.05, 0.1) is 0 Å². The summed E-state index contributed by atoms with van der Waals surface area (Å²) in [6, 6.07) is 24.4. The highest BCUT2D eigenvalue weighted by Gasteiger charge is 2.23. The van der Waals surface area contributed by atoms with Crippen molar-refractivity contribution in [1.82, 2.24) is 14.6 Å². The molecule has 5 rings (SSSR count). The third kappa shape index (κ3) is 3.53. The number of hydrogen-bond donors (Lipinski definition) is 1. The monoisotopic (exact) mass is 411 g/mol. The maximum atomic E-state index is 12.1. The number of para-hydroxylation sites is 1. The van der Waals surface area contributed by atoms with Gasteiger partial charge in [-0.2, -0.15) is 5.10 Å². The van der Waals surface area contributed by atoms with Crippen LogP contribution in [0.3, 0.4) is 0 Å². The Bertz CT molecular complexity index is 1380. The van der Waals surface area contributed by atoms with Crippen LogP contribution in [-0.4, -0.2) is 25.7 Å². The first-order chi connectivity index (χ1) is 15.2. The summed E-state index contributed by atoms with van der Waals surface area (Å²) in [5.74, 6) is 0.378. The number of carboxylic acid groups (broad SMARTS) is 1. The van der Waals surface area contributed by atoms with Gasteiger partial charge in [-0.05, 0) is 35.9 Å². The molecule has 31 heavy (non-hydrogen) atoms. The quantitative estimate of drug-likeness (QED) is 0.425. The van der Waals surface area contributed by atoms with Gasteiger partial charge in [0, 0.05) is 10.8 Å².